The molecule has 0 aliphatic heterocycles. The van der Waals surface area contributed by atoms with Crippen molar-refractivity contribution in [3.05, 3.63) is 24.0 Å². The molecule has 0 unspecified atom stereocenters. The summed E-state index contributed by atoms with van der Waals surface area (Å²) in [6.45, 7) is -0.273. The number of aliphatic hydroxyl groups excluding tert-OH is 1. The number of hydrogen-bond acceptors (Lipinski definition) is 4. The van der Waals surface area contributed by atoms with Crippen LogP contribution in [0.4, 0.5) is 0 Å². The van der Waals surface area contributed by atoms with Gasteiger partial charge < -0.3 is 5.11 Å². The Bertz CT molecular complexity index is 526. The van der Waals surface area contributed by atoms with Gasteiger partial charge in [-0.1, -0.05) is 11.8 Å². The van der Waals surface area contributed by atoms with E-state index in [1.807, 2.05) is 0 Å². The van der Waals surface area contributed by atoms with Crippen LogP contribution in [-0.2, 0) is 10.0 Å². The number of rotatable bonds is 2. The molecule has 86 valence electrons. The van der Waals surface area contributed by atoms with E-state index in [0.29, 0.717) is 5.56 Å². The predicted octanol–water partition coefficient (Wildman–Crippen LogP) is -0.324. The van der Waals surface area contributed by atoms with Crippen LogP contribution >= 0.6 is 0 Å². The lowest BCUT2D eigenvalue weighted by molar-refractivity contribution is 0.350. The molecule has 1 rings (SSSR count). The van der Waals surface area contributed by atoms with Crippen LogP contribution in [-0.4, -0.2) is 43.5 Å². The van der Waals surface area contributed by atoms with E-state index in [0.717, 1.165) is 4.31 Å². The fourth-order valence-corrected chi connectivity index (χ4v) is 1.87. The maximum Gasteiger partial charge on any atom is 0.244 e. The lowest BCUT2D eigenvalue weighted by atomic mass is 10.3. The van der Waals surface area contributed by atoms with E-state index in [1.165, 1.54) is 32.6 Å². The molecule has 0 aliphatic carbocycles. The summed E-state index contributed by atoms with van der Waals surface area (Å²) < 4.78 is 24.6. The standard InChI is InChI=1S/C10H12N2O3S/c1-12(2)16(14,15)10-6-9(4-3-5-13)7-11-8-10/h6-8,13H,5H2,1-2H3. The molecule has 0 aliphatic rings. The second-order valence-electron chi connectivity index (χ2n) is 3.16. The summed E-state index contributed by atoms with van der Waals surface area (Å²) in [7, 11) is -0.592. The number of pyridine rings is 1. The molecule has 1 heterocycles. The van der Waals surface area contributed by atoms with Gasteiger partial charge in [-0.3, -0.25) is 4.98 Å². The zero-order valence-electron chi connectivity index (χ0n) is 9.01. The lowest BCUT2D eigenvalue weighted by Crippen LogP contribution is -2.22. The topological polar surface area (TPSA) is 70.5 Å². The number of nitrogens with zero attached hydrogens (tertiary/aromatic N) is 2. The minimum absolute atomic E-state index is 0.0854. The van der Waals surface area contributed by atoms with Crippen LogP contribution in [0.25, 0.3) is 0 Å². The Morgan fingerprint density at radius 3 is 2.69 bits per heavy atom. The average Bonchev–Trinajstić information content (AvgIpc) is 2.26. The summed E-state index contributed by atoms with van der Waals surface area (Å²) in [5, 5.41) is 8.52. The van der Waals surface area contributed by atoms with Gasteiger partial charge >= 0.3 is 0 Å². The molecule has 1 aromatic heterocycles. The van der Waals surface area contributed by atoms with Gasteiger partial charge in [0.25, 0.3) is 0 Å². The van der Waals surface area contributed by atoms with Gasteiger partial charge in [0, 0.05) is 32.1 Å². The molecule has 0 fully saturated rings. The minimum Gasteiger partial charge on any atom is -0.384 e. The molecular formula is C10H12N2O3S. The largest absolute Gasteiger partial charge is 0.384 e. The van der Waals surface area contributed by atoms with Crippen LogP contribution in [0.5, 0.6) is 0 Å². The van der Waals surface area contributed by atoms with Crippen molar-refractivity contribution in [2.45, 2.75) is 4.90 Å². The maximum atomic E-state index is 11.7. The Labute approximate surface area is 94.8 Å². The number of aliphatic hydroxyl groups is 1. The van der Waals surface area contributed by atoms with Gasteiger partial charge in [-0.2, -0.15) is 0 Å². The monoisotopic (exact) mass is 240 g/mol. The summed E-state index contributed by atoms with van der Waals surface area (Å²) in [6.07, 6.45) is 2.71. The molecule has 5 nitrogen and oxygen atoms in total. The maximum absolute atomic E-state index is 11.7. The van der Waals surface area contributed by atoms with Crippen molar-refractivity contribution >= 4 is 10.0 Å². The highest BCUT2D eigenvalue weighted by atomic mass is 32.2. The molecule has 16 heavy (non-hydrogen) atoms. The fourth-order valence-electron chi connectivity index (χ4n) is 0.981. The zero-order chi connectivity index (χ0) is 12.2. The molecular weight excluding hydrogens is 228 g/mol. The summed E-state index contributed by atoms with van der Waals surface area (Å²) >= 11 is 0. The first-order valence-electron chi connectivity index (χ1n) is 4.46. The molecule has 0 radical (unpaired) electrons. The minimum atomic E-state index is -3.48. The molecule has 1 aromatic rings. The Kier molecular flexibility index (Phi) is 4.01. The van der Waals surface area contributed by atoms with Crippen molar-refractivity contribution in [1.29, 1.82) is 0 Å². The lowest BCUT2D eigenvalue weighted by Gasteiger charge is -2.10. The Balaban J connectivity index is 3.18. The smallest absolute Gasteiger partial charge is 0.244 e. The van der Waals surface area contributed by atoms with Crippen molar-refractivity contribution < 1.29 is 13.5 Å². The van der Waals surface area contributed by atoms with E-state index in [9.17, 15) is 8.42 Å². The van der Waals surface area contributed by atoms with E-state index in [-0.39, 0.29) is 11.5 Å². The summed E-state index contributed by atoms with van der Waals surface area (Å²) in [4.78, 5) is 3.88. The highest BCUT2D eigenvalue weighted by Crippen LogP contribution is 2.12. The number of aromatic nitrogens is 1. The van der Waals surface area contributed by atoms with Crippen molar-refractivity contribution in [3.8, 4) is 11.8 Å². The first kappa shape index (κ1) is 12.6. The quantitative estimate of drug-likeness (QED) is 0.719. The first-order chi connectivity index (χ1) is 7.48. The molecule has 0 aromatic carbocycles. The van der Waals surface area contributed by atoms with Crippen LogP contribution in [0.1, 0.15) is 5.56 Å². The SMILES string of the molecule is CN(C)S(=O)(=O)c1cncc(C#CCO)c1. The summed E-state index contributed by atoms with van der Waals surface area (Å²) in [5.74, 6) is 5.03. The molecule has 0 saturated heterocycles. The van der Waals surface area contributed by atoms with Gasteiger partial charge in [0.05, 0.1) is 0 Å². The third kappa shape index (κ3) is 2.79. The average molecular weight is 240 g/mol. The van der Waals surface area contributed by atoms with E-state index in [4.69, 9.17) is 5.11 Å². The molecule has 6 heteroatoms. The number of sulfonamides is 1. The molecule has 0 saturated carbocycles. The van der Waals surface area contributed by atoms with Crippen LogP contribution < -0.4 is 0 Å². The van der Waals surface area contributed by atoms with Crippen LogP contribution in [0.15, 0.2) is 23.4 Å². The molecule has 0 amide bonds. The van der Waals surface area contributed by atoms with Gasteiger partial charge in [0.15, 0.2) is 0 Å². The van der Waals surface area contributed by atoms with Gasteiger partial charge in [-0.25, -0.2) is 12.7 Å². The highest BCUT2D eigenvalue weighted by Gasteiger charge is 2.17. The summed E-state index contributed by atoms with van der Waals surface area (Å²) in [5.41, 5.74) is 0.456. The molecule has 0 bridgehead atoms. The van der Waals surface area contributed by atoms with E-state index < -0.39 is 10.0 Å². The summed E-state index contributed by atoms with van der Waals surface area (Å²) in [6, 6.07) is 1.42. The highest BCUT2D eigenvalue weighted by molar-refractivity contribution is 7.89. The normalized spacial score (nSPS) is 11.0. The van der Waals surface area contributed by atoms with Gasteiger partial charge in [-0.05, 0) is 6.07 Å². The van der Waals surface area contributed by atoms with E-state index in [2.05, 4.69) is 16.8 Å². The van der Waals surface area contributed by atoms with Crippen molar-refractivity contribution in [1.82, 2.24) is 9.29 Å². The second kappa shape index (κ2) is 5.07. The Hall–Kier alpha value is -1.42. The Morgan fingerprint density at radius 1 is 1.44 bits per heavy atom. The van der Waals surface area contributed by atoms with E-state index >= 15 is 0 Å². The Morgan fingerprint density at radius 2 is 2.12 bits per heavy atom. The van der Waals surface area contributed by atoms with Crippen molar-refractivity contribution in [2.24, 2.45) is 0 Å². The fraction of sp³-hybridized carbons (Fsp3) is 0.300. The van der Waals surface area contributed by atoms with Crippen LogP contribution in [0.2, 0.25) is 0 Å². The van der Waals surface area contributed by atoms with Gasteiger partial charge in [0.1, 0.15) is 11.5 Å². The second-order valence-corrected chi connectivity index (χ2v) is 5.31. The van der Waals surface area contributed by atoms with Gasteiger partial charge in [-0.15, -0.1) is 0 Å². The molecule has 1 N–H and O–H groups in total. The molecule has 0 spiro atoms. The van der Waals surface area contributed by atoms with Gasteiger partial charge in [0.2, 0.25) is 10.0 Å². The third-order valence-electron chi connectivity index (χ3n) is 1.80. The first-order valence-corrected chi connectivity index (χ1v) is 5.90. The third-order valence-corrected chi connectivity index (χ3v) is 3.58. The van der Waals surface area contributed by atoms with E-state index in [1.54, 1.807) is 0 Å². The molecule has 0 atom stereocenters. The zero-order valence-corrected chi connectivity index (χ0v) is 9.82. The number of hydrogen-bond donors (Lipinski definition) is 1. The predicted molar refractivity (Wildman–Crippen MR) is 59.1 cm³/mol. The van der Waals surface area contributed by atoms with Crippen molar-refractivity contribution in [2.75, 3.05) is 20.7 Å². The van der Waals surface area contributed by atoms with Crippen molar-refractivity contribution in [3.63, 3.8) is 0 Å². The van der Waals surface area contributed by atoms with Crippen LogP contribution in [0.3, 0.4) is 0 Å². The van der Waals surface area contributed by atoms with Crippen LogP contribution in [0, 0.1) is 11.8 Å².